The minimum Gasteiger partial charge on any atom is -0.406 e. The van der Waals surface area contributed by atoms with E-state index >= 15 is 0 Å². The lowest BCUT2D eigenvalue weighted by atomic mass is 9.87. The largest absolute Gasteiger partial charge is 0.573 e. The van der Waals surface area contributed by atoms with Gasteiger partial charge in [0.2, 0.25) is 17.7 Å². The van der Waals surface area contributed by atoms with Crippen LogP contribution in [0.2, 0.25) is 0 Å². The van der Waals surface area contributed by atoms with Crippen LogP contribution in [-0.2, 0) is 29.1 Å². The highest BCUT2D eigenvalue weighted by Crippen LogP contribution is 2.47. The highest BCUT2D eigenvalue weighted by molar-refractivity contribution is 5.82. The molecule has 1 aromatic heterocycles. The molecule has 2 aliphatic carbocycles. The molecule has 0 spiro atoms. The van der Waals surface area contributed by atoms with E-state index in [0.29, 0.717) is 43.2 Å². The molecule has 2 N–H and O–H groups in total. The first kappa shape index (κ1) is 27.3. The molecule has 2 saturated carbocycles. The van der Waals surface area contributed by atoms with Crippen LogP contribution >= 0.6 is 0 Å². The molecular weight excluding hydrogens is 539 g/mol. The number of halogens is 3. The van der Waals surface area contributed by atoms with E-state index in [9.17, 15) is 22.8 Å². The summed E-state index contributed by atoms with van der Waals surface area (Å²) >= 11 is 0. The highest BCUT2D eigenvalue weighted by atomic mass is 19.4. The number of alkyl halides is 3. The third-order valence-electron chi connectivity index (χ3n) is 7.72. The average Bonchev–Trinajstić information content (AvgIpc) is 3.85. The molecule has 2 atom stereocenters. The maximum atomic E-state index is 12.9. The van der Waals surface area contributed by atoms with E-state index in [4.69, 9.17) is 4.52 Å². The maximum Gasteiger partial charge on any atom is 0.573 e. The molecule has 2 aromatic carbocycles. The van der Waals surface area contributed by atoms with Gasteiger partial charge in [-0.3, -0.25) is 14.5 Å². The topological polar surface area (TPSA) is 110 Å². The molecule has 6 rings (SSSR count). The third-order valence-corrected chi connectivity index (χ3v) is 7.72. The van der Waals surface area contributed by atoms with Crippen molar-refractivity contribution in [3.05, 3.63) is 64.8 Å². The molecule has 0 radical (unpaired) electrons. The van der Waals surface area contributed by atoms with Gasteiger partial charge in [0.25, 0.3) is 0 Å². The van der Waals surface area contributed by atoms with E-state index in [2.05, 4.69) is 30.4 Å². The van der Waals surface area contributed by atoms with Gasteiger partial charge in [-0.25, -0.2) is 0 Å². The Hall–Kier alpha value is -3.93. The number of carbonyl (C=O) groups is 2. The fourth-order valence-corrected chi connectivity index (χ4v) is 5.47. The molecule has 3 aliphatic rings. The Kier molecular flexibility index (Phi) is 7.18. The normalized spacial score (nSPS) is 20.3. The summed E-state index contributed by atoms with van der Waals surface area (Å²) in [6.07, 6.45) is -1.52. The maximum absolute atomic E-state index is 12.9. The van der Waals surface area contributed by atoms with Crippen molar-refractivity contribution in [2.75, 3.05) is 13.1 Å². The average molecular weight is 570 g/mol. The molecule has 2 fully saturated rings. The first-order valence-corrected chi connectivity index (χ1v) is 13.7. The number of hydrogen-bond acceptors (Lipinski definition) is 7. The summed E-state index contributed by atoms with van der Waals surface area (Å²) in [5, 5.41) is 9.85. The molecule has 1 aliphatic heterocycles. The summed E-state index contributed by atoms with van der Waals surface area (Å²) in [6.45, 7) is 3.38. The Balaban J connectivity index is 1.22. The Morgan fingerprint density at radius 2 is 2.00 bits per heavy atom. The lowest BCUT2D eigenvalue weighted by Gasteiger charge is -2.31. The van der Waals surface area contributed by atoms with Crippen LogP contribution in [0.3, 0.4) is 0 Å². The molecule has 3 aromatic rings. The van der Waals surface area contributed by atoms with Crippen molar-refractivity contribution in [1.29, 1.82) is 0 Å². The van der Waals surface area contributed by atoms with Gasteiger partial charge in [-0.1, -0.05) is 29.4 Å². The highest BCUT2D eigenvalue weighted by Gasteiger charge is 2.47. The fraction of sp³-hybridized carbons (Fsp3) is 0.448. The minimum atomic E-state index is -4.79. The van der Waals surface area contributed by atoms with Crippen LogP contribution in [0.25, 0.3) is 11.1 Å². The zero-order valence-corrected chi connectivity index (χ0v) is 22.5. The Morgan fingerprint density at radius 3 is 2.73 bits per heavy atom. The number of nitrogens with one attached hydrogen (secondary N) is 2. The number of carbonyl (C=O) groups excluding carboxylic acids is 2. The molecular formula is C29H30F3N5O4. The van der Waals surface area contributed by atoms with Crippen molar-refractivity contribution >= 4 is 11.8 Å². The molecule has 0 unspecified atom stereocenters. The first-order chi connectivity index (χ1) is 19.6. The Labute approximate surface area is 234 Å². The molecule has 41 heavy (non-hydrogen) atoms. The van der Waals surface area contributed by atoms with Crippen molar-refractivity contribution in [3.63, 3.8) is 0 Å². The quantitative estimate of drug-likeness (QED) is 0.401. The summed E-state index contributed by atoms with van der Waals surface area (Å²) in [6, 6.07) is 9.98. The second-order valence-electron chi connectivity index (χ2n) is 11.0. The smallest absolute Gasteiger partial charge is 0.406 e. The monoisotopic (exact) mass is 569 g/mol. The van der Waals surface area contributed by atoms with Gasteiger partial charge in [0.1, 0.15) is 5.75 Å². The molecule has 9 nitrogen and oxygen atoms in total. The lowest BCUT2D eigenvalue weighted by Crippen LogP contribution is -2.41. The van der Waals surface area contributed by atoms with Crippen molar-refractivity contribution < 1.29 is 32.0 Å². The van der Waals surface area contributed by atoms with Gasteiger partial charge in [-0.15, -0.1) is 13.2 Å². The second-order valence-corrected chi connectivity index (χ2v) is 11.0. The van der Waals surface area contributed by atoms with E-state index in [0.717, 1.165) is 35.1 Å². The fourth-order valence-electron chi connectivity index (χ4n) is 5.47. The van der Waals surface area contributed by atoms with Crippen LogP contribution in [0, 0.1) is 12.8 Å². The van der Waals surface area contributed by atoms with Gasteiger partial charge in [-0.2, -0.15) is 4.98 Å². The van der Waals surface area contributed by atoms with Gasteiger partial charge in [-0.05, 0) is 72.6 Å². The van der Waals surface area contributed by atoms with Crippen LogP contribution in [0.5, 0.6) is 5.75 Å². The van der Waals surface area contributed by atoms with Crippen LogP contribution in [0.4, 0.5) is 13.2 Å². The van der Waals surface area contributed by atoms with E-state index in [1.54, 1.807) is 13.0 Å². The van der Waals surface area contributed by atoms with E-state index in [1.807, 2.05) is 12.1 Å². The van der Waals surface area contributed by atoms with Crippen LogP contribution in [-0.4, -0.2) is 52.3 Å². The predicted molar refractivity (Wildman–Crippen MR) is 140 cm³/mol. The summed E-state index contributed by atoms with van der Waals surface area (Å²) in [7, 11) is 0. The molecule has 216 valence electrons. The van der Waals surface area contributed by atoms with E-state index in [-0.39, 0.29) is 48.5 Å². The summed E-state index contributed by atoms with van der Waals surface area (Å²) in [5.41, 5.74) is 4.27. The summed E-state index contributed by atoms with van der Waals surface area (Å²) in [5.74, 6) is 0.282. The second kappa shape index (κ2) is 10.8. The standard InChI is InChI=1S/C29H30F3N5O4/c1-16-34-28(41-36-16)24-12-23(24)27(39)33-13-18-5-8-21(17-3-2-4-20(11-17)40-29(30,31)32)22-9-10-37(14-25(18)22)15-26(38)35-19-6-7-19/h2-5,8,11,19,23-24H,6-7,9-10,12-15H2,1H3,(H,33,39)(H,35,38)/t23-,24-/m1/s1. The van der Waals surface area contributed by atoms with Crippen LogP contribution in [0.1, 0.15) is 53.6 Å². The number of fused-ring (bicyclic) bond motifs is 1. The SMILES string of the molecule is Cc1noc([C@@H]2C[C@H]2C(=O)NCc2ccc(-c3cccc(OC(F)(F)F)c3)c3c2CN(CC(=O)NC2CC2)CC3)n1. The number of ether oxygens (including phenoxy) is 1. The number of hydrogen-bond donors (Lipinski definition) is 2. The molecule has 2 amide bonds. The number of aromatic nitrogens is 2. The van der Waals surface area contributed by atoms with Crippen LogP contribution < -0.4 is 15.4 Å². The van der Waals surface area contributed by atoms with E-state index < -0.39 is 6.36 Å². The summed E-state index contributed by atoms with van der Waals surface area (Å²) in [4.78, 5) is 31.7. The van der Waals surface area contributed by atoms with Gasteiger partial charge in [0.15, 0.2) is 5.82 Å². The third kappa shape index (κ3) is 6.53. The Morgan fingerprint density at radius 1 is 1.17 bits per heavy atom. The zero-order valence-electron chi connectivity index (χ0n) is 22.5. The van der Waals surface area contributed by atoms with Crippen molar-refractivity contribution in [2.24, 2.45) is 5.92 Å². The molecule has 0 bridgehead atoms. The van der Waals surface area contributed by atoms with Crippen molar-refractivity contribution in [3.8, 4) is 16.9 Å². The molecule has 12 heteroatoms. The summed E-state index contributed by atoms with van der Waals surface area (Å²) < 4.78 is 47.9. The van der Waals surface area contributed by atoms with Gasteiger partial charge >= 0.3 is 6.36 Å². The van der Waals surface area contributed by atoms with Crippen molar-refractivity contribution in [2.45, 2.75) is 64.0 Å². The number of aryl methyl sites for hydroxylation is 1. The zero-order chi connectivity index (χ0) is 28.7. The van der Waals surface area contributed by atoms with Gasteiger partial charge in [0.05, 0.1) is 18.4 Å². The first-order valence-electron chi connectivity index (χ1n) is 13.7. The Bertz CT molecular complexity index is 1470. The lowest BCUT2D eigenvalue weighted by molar-refractivity contribution is -0.274. The number of amides is 2. The van der Waals surface area contributed by atoms with Gasteiger partial charge in [0, 0.05) is 25.7 Å². The molecule has 0 saturated heterocycles. The number of rotatable bonds is 9. The molecule has 2 heterocycles. The van der Waals surface area contributed by atoms with Crippen molar-refractivity contribution in [1.82, 2.24) is 25.7 Å². The van der Waals surface area contributed by atoms with Gasteiger partial charge < -0.3 is 19.9 Å². The minimum absolute atomic E-state index is 0.0185. The number of benzene rings is 2. The number of nitrogens with zero attached hydrogens (tertiary/aromatic N) is 3. The predicted octanol–water partition coefficient (Wildman–Crippen LogP) is 4.00. The van der Waals surface area contributed by atoms with E-state index in [1.165, 1.54) is 18.2 Å². The van der Waals surface area contributed by atoms with Crippen LogP contribution in [0.15, 0.2) is 40.9 Å².